The van der Waals surface area contributed by atoms with E-state index in [1.54, 1.807) is 0 Å². The van der Waals surface area contributed by atoms with Gasteiger partial charge < -0.3 is 21.5 Å². The molecule has 0 fully saturated rings. The molecule has 0 rings (SSSR count). The van der Waals surface area contributed by atoms with Gasteiger partial charge in [-0.1, -0.05) is 0 Å². The molecule has 4 N–H and O–H groups in total. The van der Waals surface area contributed by atoms with Crippen LogP contribution in [-0.4, -0.2) is 42.8 Å². The topological polar surface area (TPSA) is 103 Å². The fraction of sp³-hybridized carbons (Fsp3) is 0. The van der Waals surface area contributed by atoms with Gasteiger partial charge in [0.25, 0.3) is 0 Å². The van der Waals surface area contributed by atoms with Crippen molar-refractivity contribution in [3.8, 4) is 0 Å². The van der Waals surface area contributed by atoms with E-state index in [1.807, 2.05) is 0 Å². The van der Waals surface area contributed by atoms with Crippen molar-refractivity contribution < 1.29 is 5.09 Å². The summed E-state index contributed by atoms with van der Waals surface area (Å²) in [7, 11) is 0. The van der Waals surface area contributed by atoms with Crippen molar-refractivity contribution in [2.45, 2.75) is 0 Å². The van der Waals surface area contributed by atoms with Gasteiger partial charge in [0.15, 0.2) is 0 Å². The van der Waals surface area contributed by atoms with E-state index >= 15 is 0 Å². The maximum atomic E-state index is 8.25. The maximum Gasteiger partial charge on any atom is 2.00 e. The molecule has 0 heterocycles. The molecule has 32 valence electrons. The van der Waals surface area contributed by atoms with E-state index in [2.05, 4.69) is 0 Å². The van der Waals surface area contributed by atoms with Crippen LogP contribution in [0.25, 0.3) is 0 Å². The smallest absolute Gasteiger partial charge is 0.369 e. The third-order valence-electron chi connectivity index (χ3n) is 0. The summed E-state index contributed by atoms with van der Waals surface area (Å²) in [6.45, 7) is 0. The third kappa shape index (κ3) is 293. The standard InChI is InChI=1S/Ca.NO3.H3N/c;2-1(3)4;/h;;1H3/q+2;-1;/p+1. The normalized spacial score (nSPS) is 4.00. The Labute approximate surface area is 64.0 Å². The number of hydrogen-bond acceptors (Lipinski definition) is 3. The summed E-state index contributed by atoms with van der Waals surface area (Å²) in [6.07, 6.45) is 0. The second-order valence-electron chi connectivity index (χ2n) is 0.224. The molecule has 0 aromatic carbocycles. The first-order chi connectivity index (χ1) is 1.73. The minimum absolute atomic E-state index is 0. The molecule has 0 amide bonds. The van der Waals surface area contributed by atoms with Crippen molar-refractivity contribution in [1.29, 1.82) is 0 Å². The van der Waals surface area contributed by atoms with Crippen LogP contribution in [-0.2, 0) is 0 Å². The first-order valence-corrected chi connectivity index (χ1v) is 0.548. The second kappa shape index (κ2) is 9.05. The van der Waals surface area contributed by atoms with Crippen LogP contribution < -0.4 is 6.15 Å². The Morgan fingerprint density at radius 2 is 1.33 bits per heavy atom. The molecular formula is H4CaN2O3+2. The molecule has 6 heteroatoms. The average molecular weight is 120 g/mol. The van der Waals surface area contributed by atoms with Crippen LogP contribution in [0.1, 0.15) is 0 Å². The van der Waals surface area contributed by atoms with Crippen LogP contribution in [0.2, 0.25) is 0 Å². The summed E-state index contributed by atoms with van der Waals surface area (Å²) in [6, 6.07) is 0. The molecule has 5 nitrogen and oxygen atoms in total. The van der Waals surface area contributed by atoms with E-state index in [9.17, 15) is 0 Å². The Morgan fingerprint density at radius 1 is 1.33 bits per heavy atom. The molecule has 0 aliphatic carbocycles. The summed E-state index contributed by atoms with van der Waals surface area (Å²) in [5, 5.41) is 14.8. The molecule has 0 aliphatic rings. The van der Waals surface area contributed by atoms with Crippen LogP contribution >= 0.6 is 0 Å². The monoisotopic (exact) mass is 120 g/mol. The Morgan fingerprint density at radius 3 is 1.33 bits per heavy atom. The van der Waals surface area contributed by atoms with Gasteiger partial charge in [0.05, 0.1) is 5.09 Å². The van der Waals surface area contributed by atoms with Crippen LogP contribution in [0.5, 0.6) is 0 Å². The van der Waals surface area contributed by atoms with Crippen LogP contribution in [0, 0.1) is 15.3 Å². The van der Waals surface area contributed by atoms with Crippen LogP contribution in [0.3, 0.4) is 0 Å². The van der Waals surface area contributed by atoms with E-state index < -0.39 is 5.09 Å². The SMILES string of the molecule is O=[N+]([O-])[O-].[Ca+2].[NH4+]. The van der Waals surface area contributed by atoms with E-state index in [4.69, 9.17) is 15.3 Å². The Kier molecular flexibility index (Phi) is 24.3. The number of rotatable bonds is 0. The summed E-state index contributed by atoms with van der Waals surface area (Å²) < 4.78 is 0. The largest absolute Gasteiger partial charge is 2.00 e. The zero-order chi connectivity index (χ0) is 3.58. The van der Waals surface area contributed by atoms with Crippen molar-refractivity contribution in [3.63, 3.8) is 0 Å². The number of hydrogen-bond donors (Lipinski definition) is 1. The van der Waals surface area contributed by atoms with Gasteiger partial charge in [0.2, 0.25) is 0 Å². The first kappa shape index (κ1) is 16.1. The molecule has 0 aromatic heterocycles. The minimum Gasteiger partial charge on any atom is -0.369 e. The van der Waals surface area contributed by atoms with E-state index in [0.29, 0.717) is 0 Å². The zero-order valence-electron chi connectivity index (χ0n) is 3.38. The molecule has 0 radical (unpaired) electrons. The van der Waals surface area contributed by atoms with Gasteiger partial charge in [-0.25, -0.2) is 0 Å². The first-order valence-electron chi connectivity index (χ1n) is 0.548. The molecule has 0 aromatic rings. The molecule has 0 unspecified atom stereocenters. The predicted octanol–water partition coefficient (Wildman–Crippen LogP) is -0.244. The molecular weight excluding hydrogens is 116 g/mol. The van der Waals surface area contributed by atoms with Crippen molar-refractivity contribution in [1.82, 2.24) is 6.15 Å². The average Bonchev–Trinajstić information content (AvgIpc) is 0.811. The Hall–Kier alpha value is 0.420. The van der Waals surface area contributed by atoms with Crippen LogP contribution in [0.15, 0.2) is 0 Å². The van der Waals surface area contributed by atoms with Crippen molar-refractivity contribution in [3.05, 3.63) is 15.3 Å². The van der Waals surface area contributed by atoms with E-state index in [-0.39, 0.29) is 43.9 Å². The van der Waals surface area contributed by atoms with Gasteiger partial charge in [0.1, 0.15) is 0 Å². The molecule has 0 spiro atoms. The fourth-order valence-corrected chi connectivity index (χ4v) is 0. The third-order valence-corrected chi connectivity index (χ3v) is 0. The van der Waals surface area contributed by atoms with Crippen LogP contribution in [0.4, 0.5) is 0 Å². The minimum atomic E-state index is -1.75. The van der Waals surface area contributed by atoms with E-state index in [1.165, 1.54) is 0 Å². The van der Waals surface area contributed by atoms with Gasteiger partial charge in [0, 0.05) is 0 Å². The predicted molar refractivity (Wildman–Crippen MR) is 22.1 cm³/mol. The molecule has 6 heavy (non-hydrogen) atoms. The van der Waals surface area contributed by atoms with E-state index in [0.717, 1.165) is 0 Å². The van der Waals surface area contributed by atoms with Crippen molar-refractivity contribution in [2.24, 2.45) is 0 Å². The van der Waals surface area contributed by atoms with Crippen molar-refractivity contribution >= 4 is 37.7 Å². The second-order valence-corrected chi connectivity index (χ2v) is 0.224. The zero-order valence-corrected chi connectivity index (χ0v) is 5.59. The molecule has 0 saturated carbocycles. The number of nitrogens with zero attached hydrogens (tertiary/aromatic N) is 1. The molecule has 0 atom stereocenters. The van der Waals surface area contributed by atoms with Gasteiger partial charge in [-0.15, -0.1) is 0 Å². The summed E-state index contributed by atoms with van der Waals surface area (Å²) in [4.78, 5) is 8.25. The van der Waals surface area contributed by atoms with Gasteiger partial charge in [-0.2, -0.15) is 0 Å². The van der Waals surface area contributed by atoms with Gasteiger partial charge in [-0.3, -0.25) is 0 Å². The van der Waals surface area contributed by atoms with Crippen molar-refractivity contribution in [2.75, 3.05) is 0 Å². The quantitative estimate of drug-likeness (QED) is 0.271. The molecule has 0 saturated heterocycles. The molecule has 0 aliphatic heterocycles. The van der Waals surface area contributed by atoms with Gasteiger partial charge in [-0.05, 0) is 0 Å². The summed E-state index contributed by atoms with van der Waals surface area (Å²) in [5.41, 5.74) is 0. The fourth-order valence-electron chi connectivity index (χ4n) is 0. The Bertz CT molecular complexity index is 31.8. The number of quaternary nitrogens is 1. The Balaban J connectivity index is -0.0000000450. The summed E-state index contributed by atoms with van der Waals surface area (Å²) >= 11 is 0. The maximum absolute atomic E-state index is 8.25. The molecule has 0 bridgehead atoms. The summed E-state index contributed by atoms with van der Waals surface area (Å²) in [5.74, 6) is 0. The van der Waals surface area contributed by atoms with Gasteiger partial charge >= 0.3 is 37.7 Å².